The Kier molecular flexibility index (Phi) is 3.62. The summed E-state index contributed by atoms with van der Waals surface area (Å²) in [6.07, 6.45) is 1.78. The number of thiocarbonyl (C=S) groups is 1. The van der Waals surface area contributed by atoms with Crippen LogP contribution < -0.4 is 10.5 Å². The molecule has 0 spiro atoms. The number of nitrogens with zero attached hydrogens (tertiary/aromatic N) is 2. The molecule has 0 saturated carbocycles. The summed E-state index contributed by atoms with van der Waals surface area (Å²) in [7, 11) is 1.65. The number of rotatable bonds is 4. The standard InChI is InChI=1S/C13H15N3OS/c1-9-5-6-15-16(9)8-11-7-10(13(14)18)3-4-12(11)17-2/h3-7H,8H2,1-2H3,(H2,14,18). The average Bonchev–Trinajstić information content (AvgIpc) is 2.75. The zero-order valence-electron chi connectivity index (χ0n) is 10.4. The number of aryl methyl sites for hydroxylation is 1. The minimum absolute atomic E-state index is 0.385. The fraction of sp³-hybridized carbons (Fsp3) is 0.231. The van der Waals surface area contributed by atoms with Crippen LogP contribution in [-0.4, -0.2) is 21.9 Å². The molecular weight excluding hydrogens is 246 g/mol. The zero-order valence-corrected chi connectivity index (χ0v) is 11.2. The van der Waals surface area contributed by atoms with E-state index in [1.807, 2.05) is 35.9 Å². The molecule has 0 atom stereocenters. The van der Waals surface area contributed by atoms with Gasteiger partial charge in [-0.1, -0.05) is 12.2 Å². The second-order valence-corrected chi connectivity index (χ2v) is 4.46. The molecule has 2 aromatic rings. The van der Waals surface area contributed by atoms with Crippen molar-refractivity contribution in [2.75, 3.05) is 7.11 Å². The summed E-state index contributed by atoms with van der Waals surface area (Å²) in [5, 5.41) is 4.26. The van der Waals surface area contributed by atoms with Crippen molar-refractivity contribution >= 4 is 17.2 Å². The SMILES string of the molecule is COc1ccc(C(N)=S)cc1Cn1nccc1C. The molecule has 1 aromatic heterocycles. The zero-order chi connectivity index (χ0) is 13.1. The van der Waals surface area contributed by atoms with Gasteiger partial charge >= 0.3 is 0 Å². The third-order valence-corrected chi connectivity index (χ3v) is 3.05. The van der Waals surface area contributed by atoms with Gasteiger partial charge < -0.3 is 10.5 Å². The van der Waals surface area contributed by atoms with Crippen LogP contribution in [0.3, 0.4) is 0 Å². The molecule has 0 aliphatic heterocycles. The molecule has 0 aliphatic carbocycles. The van der Waals surface area contributed by atoms with Crippen LogP contribution >= 0.6 is 12.2 Å². The fourth-order valence-corrected chi connectivity index (χ4v) is 1.91. The maximum Gasteiger partial charge on any atom is 0.123 e. The van der Waals surface area contributed by atoms with Gasteiger partial charge in [-0.3, -0.25) is 4.68 Å². The number of hydrogen-bond acceptors (Lipinski definition) is 3. The first-order valence-corrected chi connectivity index (χ1v) is 5.98. The van der Waals surface area contributed by atoms with Gasteiger partial charge in [0.1, 0.15) is 10.7 Å². The smallest absolute Gasteiger partial charge is 0.123 e. The van der Waals surface area contributed by atoms with Crippen molar-refractivity contribution < 1.29 is 4.74 Å². The summed E-state index contributed by atoms with van der Waals surface area (Å²) in [6.45, 7) is 2.65. The van der Waals surface area contributed by atoms with Crippen LogP contribution in [0.5, 0.6) is 5.75 Å². The molecule has 18 heavy (non-hydrogen) atoms. The van der Waals surface area contributed by atoms with E-state index < -0.39 is 0 Å². The topological polar surface area (TPSA) is 53.1 Å². The van der Waals surface area contributed by atoms with E-state index in [1.54, 1.807) is 13.3 Å². The van der Waals surface area contributed by atoms with Crippen molar-refractivity contribution in [1.82, 2.24) is 9.78 Å². The number of hydrogen-bond donors (Lipinski definition) is 1. The number of benzene rings is 1. The van der Waals surface area contributed by atoms with E-state index in [2.05, 4.69) is 5.10 Å². The molecule has 1 heterocycles. The lowest BCUT2D eigenvalue weighted by Gasteiger charge is -2.11. The van der Waals surface area contributed by atoms with Gasteiger partial charge in [-0.05, 0) is 31.2 Å². The Morgan fingerprint density at radius 2 is 2.22 bits per heavy atom. The van der Waals surface area contributed by atoms with Gasteiger partial charge in [0.2, 0.25) is 0 Å². The quantitative estimate of drug-likeness (QED) is 0.854. The van der Waals surface area contributed by atoms with Crippen molar-refractivity contribution in [3.05, 3.63) is 47.3 Å². The highest BCUT2D eigenvalue weighted by Gasteiger charge is 2.08. The third-order valence-electron chi connectivity index (χ3n) is 2.81. The van der Waals surface area contributed by atoms with Crippen molar-refractivity contribution in [2.24, 2.45) is 5.73 Å². The Morgan fingerprint density at radius 3 is 2.78 bits per heavy atom. The van der Waals surface area contributed by atoms with Crippen molar-refractivity contribution in [3.8, 4) is 5.75 Å². The van der Waals surface area contributed by atoms with Gasteiger partial charge in [0.15, 0.2) is 0 Å². The summed E-state index contributed by atoms with van der Waals surface area (Å²) >= 11 is 4.99. The van der Waals surface area contributed by atoms with E-state index in [-0.39, 0.29) is 0 Å². The van der Waals surface area contributed by atoms with Gasteiger partial charge in [0.05, 0.1) is 13.7 Å². The molecule has 0 unspecified atom stereocenters. The van der Waals surface area contributed by atoms with Gasteiger partial charge in [-0.2, -0.15) is 5.10 Å². The van der Waals surface area contributed by atoms with Crippen LogP contribution in [0.15, 0.2) is 30.5 Å². The van der Waals surface area contributed by atoms with Crippen LogP contribution in [0.25, 0.3) is 0 Å². The van der Waals surface area contributed by atoms with Crippen LogP contribution in [0, 0.1) is 6.92 Å². The lowest BCUT2D eigenvalue weighted by atomic mass is 10.1. The molecule has 0 saturated heterocycles. The van der Waals surface area contributed by atoms with Crippen molar-refractivity contribution in [3.63, 3.8) is 0 Å². The molecular formula is C13H15N3OS. The Labute approximate surface area is 111 Å². The van der Waals surface area contributed by atoms with Crippen LogP contribution in [0.2, 0.25) is 0 Å². The highest BCUT2D eigenvalue weighted by molar-refractivity contribution is 7.80. The Balaban J connectivity index is 2.38. The van der Waals surface area contributed by atoms with E-state index in [4.69, 9.17) is 22.7 Å². The molecule has 0 aliphatic rings. The summed E-state index contributed by atoms with van der Waals surface area (Å²) in [4.78, 5) is 0.385. The molecule has 2 N–H and O–H groups in total. The molecule has 2 rings (SSSR count). The Bertz CT molecular complexity index is 577. The molecule has 5 heteroatoms. The molecule has 0 bridgehead atoms. The first-order valence-electron chi connectivity index (χ1n) is 5.57. The molecule has 0 radical (unpaired) electrons. The summed E-state index contributed by atoms with van der Waals surface area (Å²) in [5.41, 5.74) is 8.59. The molecule has 94 valence electrons. The largest absolute Gasteiger partial charge is 0.496 e. The summed E-state index contributed by atoms with van der Waals surface area (Å²) < 4.78 is 7.25. The normalized spacial score (nSPS) is 10.3. The van der Waals surface area contributed by atoms with E-state index in [0.717, 1.165) is 22.6 Å². The second-order valence-electron chi connectivity index (χ2n) is 4.02. The highest BCUT2D eigenvalue weighted by atomic mass is 32.1. The second kappa shape index (κ2) is 5.18. The highest BCUT2D eigenvalue weighted by Crippen LogP contribution is 2.21. The minimum Gasteiger partial charge on any atom is -0.496 e. The average molecular weight is 261 g/mol. The first-order chi connectivity index (χ1) is 8.61. The van der Waals surface area contributed by atoms with Crippen LogP contribution in [0.4, 0.5) is 0 Å². The lowest BCUT2D eigenvalue weighted by molar-refractivity contribution is 0.407. The Hall–Kier alpha value is -1.88. The van der Waals surface area contributed by atoms with E-state index in [9.17, 15) is 0 Å². The molecule has 0 amide bonds. The number of nitrogens with two attached hydrogens (primary N) is 1. The monoisotopic (exact) mass is 261 g/mol. The first kappa shape index (κ1) is 12.6. The number of aromatic nitrogens is 2. The predicted octanol–water partition coefficient (Wildman–Crippen LogP) is 1.88. The summed E-state index contributed by atoms with van der Waals surface area (Å²) in [6, 6.07) is 7.65. The number of ether oxygens (including phenoxy) is 1. The predicted molar refractivity (Wildman–Crippen MR) is 74.9 cm³/mol. The van der Waals surface area contributed by atoms with E-state index in [1.165, 1.54) is 0 Å². The van der Waals surface area contributed by atoms with Gasteiger partial charge in [-0.25, -0.2) is 0 Å². The van der Waals surface area contributed by atoms with Gasteiger partial charge in [0.25, 0.3) is 0 Å². The van der Waals surface area contributed by atoms with Crippen molar-refractivity contribution in [1.29, 1.82) is 0 Å². The van der Waals surface area contributed by atoms with Crippen LogP contribution in [-0.2, 0) is 6.54 Å². The minimum atomic E-state index is 0.385. The fourth-order valence-electron chi connectivity index (χ4n) is 1.78. The van der Waals surface area contributed by atoms with E-state index >= 15 is 0 Å². The maximum atomic E-state index is 5.65. The molecule has 1 aromatic carbocycles. The number of methoxy groups -OCH3 is 1. The third kappa shape index (κ3) is 2.51. The van der Waals surface area contributed by atoms with Crippen LogP contribution in [0.1, 0.15) is 16.8 Å². The maximum absolute atomic E-state index is 5.65. The molecule has 0 fully saturated rings. The van der Waals surface area contributed by atoms with Gasteiger partial charge in [0, 0.05) is 23.0 Å². The lowest BCUT2D eigenvalue weighted by Crippen LogP contribution is -2.11. The van der Waals surface area contributed by atoms with Crippen molar-refractivity contribution in [2.45, 2.75) is 13.5 Å². The molecule has 4 nitrogen and oxygen atoms in total. The summed E-state index contributed by atoms with van der Waals surface area (Å²) in [5.74, 6) is 0.810. The van der Waals surface area contributed by atoms with Gasteiger partial charge in [-0.15, -0.1) is 0 Å². The van der Waals surface area contributed by atoms with E-state index in [0.29, 0.717) is 11.5 Å². The Morgan fingerprint density at radius 1 is 1.44 bits per heavy atom.